The van der Waals surface area contributed by atoms with Crippen LogP contribution in [-0.4, -0.2) is 19.3 Å². The van der Waals surface area contributed by atoms with E-state index in [2.05, 4.69) is 24.1 Å². The van der Waals surface area contributed by atoms with Crippen molar-refractivity contribution in [3.8, 4) is 0 Å². The minimum Gasteiger partial charge on any atom is -0.374 e. The number of hydrogen-bond donors (Lipinski definition) is 0. The molecule has 0 spiro atoms. The Hall–Kier alpha value is -0.340. The molecule has 3 heteroatoms. The van der Waals surface area contributed by atoms with E-state index in [4.69, 9.17) is 11.6 Å². The highest BCUT2D eigenvalue weighted by Gasteiger charge is 2.10. The second-order valence-electron chi connectivity index (χ2n) is 3.60. The van der Waals surface area contributed by atoms with Gasteiger partial charge in [0.15, 0.2) is 0 Å². The number of benzene rings is 1. The summed E-state index contributed by atoms with van der Waals surface area (Å²) in [6.07, 6.45) is 1.27. The van der Waals surface area contributed by atoms with Gasteiger partial charge in [-0.3, -0.25) is 0 Å². The molecule has 1 aromatic carbocycles. The quantitative estimate of drug-likeness (QED) is 0.668. The summed E-state index contributed by atoms with van der Waals surface area (Å²) in [6.45, 7) is 1.14. The van der Waals surface area contributed by atoms with E-state index in [1.807, 2.05) is 17.8 Å². The first-order valence-electron chi connectivity index (χ1n) is 4.84. The highest BCUT2D eigenvalue weighted by molar-refractivity contribution is 7.98. The molecular formula is C11H14ClNS. The van der Waals surface area contributed by atoms with E-state index in [1.165, 1.54) is 23.4 Å². The van der Waals surface area contributed by atoms with Crippen LogP contribution in [0.25, 0.3) is 0 Å². The lowest BCUT2D eigenvalue weighted by Gasteiger charge is -2.24. The molecule has 1 aliphatic rings. The van der Waals surface area contributed by atoms with Gasteiger partial charge in [0.2, 0.25) is 0 Å². The van der Waals surface area contributed by atoms with E-state index in [1.54, 1.807) is 0 Å². The predicted molar refractivity (Wildman–Crippen MR) is 65.5 cm³/mol. The Morgan fingerprint density at radius 1 is 1.43 bits per heavy atom. The van der Waals surface area contributed by atoms with Crippen molar-refractivity contribution in [1.82, 2.24) is 0 Å². The summed E-state index contributed by atoms with van der Waals surface area (Å²) < 4.78 is 0. The van der Waals surface area contributed by atoms with Crippen molar-refractivity contribution >= 4 is 29.1 Å². The molecule has 1 nitrogen and oxygen atoms in total. The molecule has 0 fully saturated rings. The number of nitrogens with zero attached hydrogens (tertiary/aromatic N) is 1. The van der Waals surface area contributed by atoms with Gasteiger partial charge in [-0.1, -0.05) is 11.6 Å². The third kappa shape index (κ3) is 2.18. The topological polar surface area (TPSA) is 3.24 Å². The van der Waals surface area contributed by atoms with E-state index in [9.17, 15) is 0 Å². The van der Waals surface area contributed by atoms with Gasteiger partial charge in [-0.25, -0.2) is 0 Å². The summed E-state index contributed by atoms with van der Waals surface area (Å²) in [5.74, 6) is 2.33. The first-order chi connectivity index (χ1) is 6.77. The Bertz CT molecular complexity index is 327. The normalized spacial score (nSPS) is 17.1. The molecule has 0 saturated carbocycles. The molecular weight excluding hydrogens is 214 g/mol. The van der Waals surface area contributed by atoms with Crippen molar-refractivity contribution in [2.45, 2.75) is 12.2 Å². The Morgan fingerprint density at radius 2 is 2.29 bits per heavy atom. The van der Waals surface area contributed by atoms with E-state index in [-0.39, 0.29) is 0 Å². The number of anilines is 1. The number of fused-ring (bicyclic) bond motifs is 1. The fourth-order valence-corrected chi connectivity index (χ4v) is 2.87. The molecule has 0 aromatic heterocycles. The maximum atomic E-state index is 5.99. The summed E-state index contributed by atoms with van der Waals surface area (Å²) in [7, 11) is 2.16. The minimum atomic E-state index is 0.846. The summed E-state index contributed by atoms with van der Waals surface area (Å²) in [4.78, 5) is 2.32. The van der Waals surface area contributed by atoms with Crippen molar-refractivity contribution in [3.05, 3.63) is 28.8 Å². The molecule has 76 valence electrons. The van der Waals surface area contributed by atoms with Gasteiger partial charge >= 0.3 is 0 Å². The Balaban J connectivity index is 2.36. The van der Waals surface area contributed by atoms with Crippen molar-refractivity contribution in [2.75, 3.05) is 24.2 Å². The molecule has 1 heterocycles. The zero-order chi connectivity index (χ0) is 9.97. The Labute approximate surface area is 94.4 Å². The number of halogens is 1. The van der Waals surface area contributed by atoms with Crippen LogP contribution in [-0.2, 0) is 5.75 Å². The molecule has 14 heavy (non-hydrogen) atoms. The summed E-state index contributed by atoms with van der Waals surface area (Å²) in [5.41, 5.74) is 2.70. The largest absolute Gasteiger partial charge is 0.374 e. The SMILES string of the molecule is CN1CCCSCc2cc(Cl)ccc21. The van der Waals surface area contributed by atoms with Gasteiger partial charge in [-0.15, -0.1) is 0 Å². The number of thioether (sulfide) groups is 1. The van der Waals surface area contributed by atoms with Gasteiger partial charge in [0.25, 0.3) is 0 Å². The van der Waals surface area contributed by atoms with Crippen LogP contribution in [0, 0.1) is 0 Å². The van der Waals surface area contributed by atoms with Gasteiger partial charge in [0.05, 0.1) is 0 Å². The van der Waals surface area contributed by atoms with E-state index < -0.39 is 0 Å². The van der Waals surface area contributed by atoms with Crippen LogP contribution in [0.2, 0.25) is 5.02 Å². The third-order valence-electron chi connectivity index (χ3n) is 2.49. The summed E-state index contributed by atoms with van der Waals surface area (Å²) in [6, 6.07) is 6.19. The van der Waals surface area contributed by atoms with Crippen LogP contribution < -0.4 is 4.90 Å². The fraction of sp³-hybridized carbons (Fsp3) is 0.455. The molecule has 0 atom stereocenters. The Kier molecular flexibility index (Phi) is 3.24. The van der Waals surface area contributed by atoms with E-state index >= 15 is 0 Å². The Morgan fingerprint density at radius 3 is 3.14 bits per heavy atom. The first kappa shape index (κ1) is 10.2. The maximum Gasteiger partial charge on any atom is 0.0410 e. The fourth-order valence-electron chi connectivity index (χ4n) is 1.75. The van der Waals surface area contributed by atoms with Gasteiger partial charge in [-0.05, 0) is 35.9 Å². The highest BCUT2D eigenvalue weighted by atomic mass is 35.5. The van der Waals surface area contributed by atoms with Gasteiger partial charge < -0.3 is 4.90 Å². The summed E-state index contributed by atoms with van der Waals surface area (Å²) in [5, 5.41) is 0.846. The van der Waals surface area contributed by atoms with Crippen LogP contribution >= 0.6 is 23.4 Å². The first-order valence-corrected chi connectivity index (χ1v) is 6.38. The van der Waals surface area contributed by atoms with Gasteiger partial charge in [0.1, 0.15) is 0 Å². The van der Waals surface area contributed by atoms with E-state index in [0.717, 1.165) is 17.3 Å². The molecule has 0 radical (unpaired) electrons. The lowest BCUT2D eigenvalue weighted by Crippen LogP contribution is -2.21. The maximum absolute atomic E-state index is 5.99. The molecule has 0 unspecified atom stereocenters. The smallest absolute Gasteiger partial charge is 0.0410 e. The average Bonchev–Trinajstić information content (AvgIpc) is 2.14. The van der Waals surface area contributed by atoms with Gasteiger partial charge in [-0.2, -0.15) is 11.8 Å². The molecule has 0 bridgehead atoms. The van der Waals surface area contributed by atoms with Crippen molar-refractivity contribution < 1.29 is 0 Å². The van der Waals surface area contributed by atoms with Gasteiger partial charge in [0, 0.05) is 30.1 Å². The lowest BCUT2D eigenvalue weighted by atomic mass is 10.2. The van der Waals surface area contributed by atoms with Crippen molar-refractivity contribution in [2.24, 2.45) is 0 Å². The third-order valence-corrected chi connectivity index (χ3v) is 3.82. The molecule has 0 saturated heterocycles. The molecule has 0 amide bonds. The zero-order valence-corrected chi connectivity index (χ0v) is 9.87. The minimum absolute atomic E-state index is 0.846. The van der Waals surface area contributed by atoms with Crippen LogP contribution in [0.5, 0.6) is 0 Å². The lowest BCUT2D eigenvalue weighted by molar-refractivity contribution is 0.850. The molecule has 2 rings (SSSR count). The van der Waals surface area contributed by atoms with Crippen molar-refractivity contribution in [3.63, 3.8) is 0 Å². The second-order valence-corrected chi connectivity index (χ2v) is 5.14. The average molecular weight is 228 g/mol. The van der Waals surface area contributed by atoms with Crippen LogP contribution in [0.15, 0.2) is 18.2 Å². The monoisotopic (exact) mass is 227 g/mol. The molecule has 0 N–H and O–H groups in total. The molecule has 0 aliphatic carbocycles. The highest BCUT2D eigenvalue weighted by Crippen LogP contribution is 2.29. The molecule has 1 aliphatic heterocycles. The van der Waals surface area contributed by atoms with Crippen LogP contribution in [0.3, 0.4) is 0 Å². The van der Waals surface area contributed by atoms with Crippen molar-refractivity contribution in [1.29, 1.82) is 0 Å². The van der Waals surface area contributed by atoms with Crippen LogP contribution in [0.4, 0.5) is 5.69 Å². The summed E-state index contributed by atoms with van der Waals surface area (Å²) >= 11 is 7.99. The number of rotatable bonds is 0. The second kappa shape index (κ2) is 4.45. The standard InChI is InChI=1S/C11H14ClNS/c1-13-5-2-6-14-8-9-7-10(12)3-4-11(9)13/h3-4,7H,2,5-6,8H2,1H3. The predicted octanol–water partition coefficient (Wildman–Crippen LogP) is 3.41. The molecule has 1 aromatic rings. The van der Waals surface area contributed by atoms with E-state index in [0.29, 0.717) is 0 Å². The number of hydrogen-bond acceptors (Lipinski definition) is 2. The van der Waals surface area contributed by atoms with Crippen LogP contribution in [0.1, 0.15) is 12.0 Å². The zero-order valence-electron chi connectivity index (χ0n) is 8.29.